The molecule has 15 heteroatoms. The molecule has 0 aliphatic heterocycles. The molecule has 0 saturated carbocycles. The summed E-state index contributed by atoms with van der Waals surface area (Å²) in [4.78, 5) is 25.1. The molecule has 4 aromatic carbocycles. The van der Waals surface area contributed by atoms with Crippen molar-refractivity contribution in [2.24, 2.45) is 0 Å². The Balaban J connectivity index is 0.00000231. The number of nitrogens with two attached hydrogens (primary N) is 1. The first-order valence-electron chi connectivity index (χ1n) is 11.2. The summed E-state index contributed by atoms with van der Waals surface area (Å²) in [6.07, 6.45) is 0. The maximum absolute atomic E-state index is 13.4. The number of anilines is 5. The molecule has 0 unspecified atom stereocenters. The smallest absolute Gasteiger partial charge is 0.744 e. The van der Waals surface area contributed by atoms with Crippen LogP contribution in [0.3, 0.4) is 0 Å². The van der Waals surface area contributed by atoms with Crippen LogP contribution in [0.5, 0.6) is 0 Å². The van der Waals surface area contributed by atoms with E-state index in [0.29, 0.717) is 5.69 Å². The molecule has 41 heavy (non-hydrogen) atoms. The van der Waals surface area contributed by atoms with E-state index in [2.05, 4.69) is 10.6 Å². The van der Waals surface area contributed by atoms with Crippen LogP contribution in [-0.4, -0.2) is 37.5 Å². The second kappa shape index (κ2) is 12.4. The SMILES string of the molecule is Nc1c(S(=O)(=O)[O-])cc(Nc2ccc(Nc3ccccc3)c(S(=O)(=O)[O-])c2)c2c1C(=O)c1ccccc1C2=O.[Na+].[Na+]. The number of para-hydroxylation sites is 1. The average molecular weight is 610 g/mol. The Kier molecular flexibility index (Phi) is 9.93. The van der Waals surface area contributed by atoms with E-state index in [9.17, 15) is 35.5 Å². The topological polar surface area (TPSA) is 199 Å². The Morgan fingerprint density at radius 1 is 0.585 bits per heavy atom. The Bertz CT molecular complexity index is 1920. The van der Waals surface area contributed by atoms with E-state index in [1.54, 1.807) is 30.3 Å². The Morgan fingerprint density at radius 3 is 1.66 bits per heavy atom. The summed E-state index contributed by atoms with van der Waals surface area (Å²) in [5, 5.41) is 5.53. The largest absolute Gasteiger partial charge is 1.00 e. The van der Waals surface area contributed by atoms with Crippen LogP contribution in [0.25, 0.3) is 0 Å². The van der Waals surface area contributed by atoms with Crippen molar-refractivity contribution in [1.29, 1.82) is 0 Å². The van der Waals surface area contributed by atoms with Crippen molar-refractivity contribution in [2.75, 3.05) is 16.4 Å². The van der Waals surface area contributed by atoms with Gasteiger partial charge in [-0.2, -0.15) is 0 Å². The molecule has 4 N–H and O–H groups in total. The number of carbonyl (C=O) groups is 2. The second-order valence-electron chi connectivity index (χ2n) is 8.52. The van der Waals surface area contributed by atoms with E-state index in [-0.39, 0.29) is 92.9 Å². The number of nitrogens with one attached hydrogen (secondary N) is 2. The zero-order valence-corrected chi connectivity index (χ0v) is 27.3. The maximum Gasteiger partial charge on any atom is 1.00 e. The molecule has 11 nitrogen and oxygen atoms in total. The molecule has 0 saturated heterocycles. The third kappa shape index (κ3) is 6.44. The van der Waals surface area contributed by atoms with Crippen molar-refractivity contribution in [1.82, 2.24) is 0 Å². The first kappa shape index (κ1) is 32.9. The third-order valence-corrected chi connectivity index (χ3v) is 7.80. The summed E-state index contributed by atoms with van der Waals surface area (Å²) in [5.41, 5.74) is 4.60. The van der Waals surface area contributed by atoms with E-state index in [4.69, 9.17) is 5.73 Å². The first-order chi connectivity index (χ1) is 18.4. The van der Waals surface area contributed by atoms with Gasteiger partial charge in [-0.3, -0.25) is 9.59 Å². The van der Waals surface area contributed by atoms with Crippen molar-refractivity contribution in [3.63, 3.8) is 0 Å². The quantitative estimate of drug-likeness (QED) is 0.103. The molecule has 0 amide bonds. The zero-order valence-electron chi connectivity index (χ0n) is 21.7. The predicted octanol–water partition coefficient (Wildman–Crippen LogP) is -2.65. The van der Waals surface area contributed by atoms with Gasteiger partial charge in [-0.1, -0.05) is 42.5 Å². The molecule has 0 heterocycles. The molecule has 0 bridgehead atoms. The number of fused-ring (bicyclic) bond motifs is 2. The molecule has 5 rings (SSSR count). The minimum atomic E-state index is -5.21. The molecule has 0 fully saturated rings. The summed E-state index contributed by atoms with van der Waals surface area (Å²) in [5.74, 6) is -1.44. The van der Waals surface area contributed by atoms with Crippen molar-refractivity contribution >= 4 is 60.2 Å². The first-order valence-corrected chi connectivity index (χ1v) is 14.0. The number of benzene rings is 4. The van der Waals surface area contributed by atoms with Crippen LogP contribution in [0, 0.1) is 0 Å². The van der Waals surface area contributed by atoms with Crippen LogP contribution in [-0.2, 0) is 20.2 Å². The molecule has 4 aromatic rings. The number of carbonyl (C=O) groups excluding carboxylic acids is 2. The normalized spacial score (nSPS) is 12.3. The number of hydrogen-bond acceptors (Lipinski definition) is 11. The van der Waals surface area contributed by atoms with Gasteiger partial charge in [-0.05, 0) is 36.4 Å². The van der Waals surface area contributed by atoms with Gasteiger partial charge in [0.15, 0.2) is 11.6 Å². The van der Waals surface area contributed by atoms with E-state index < -0.39 is 52.8 Å². The third-order valence-electron chi connectivity index (χ3n) is 6.05. The fourth-order valence-electron chi connectivity index (χ4n) is 4.34. The van der Waals surface area contributed by atoms with Gasteiger partial charge in [0.25, 0.3) is 0 Å². The van der Waals surface area contributed by atoms with Crippen molar-refractivity contribution in [2.45, 2.75) is 9.79 Å². The van der Waals surface area contributed by atoms with Gasteiger partial charge in [-0.25, -0.2) is 16.8 Å². The molecule has 0 radical (unpaired) electrons. The van der Waals surface area contributed by atoms with Gasteiger partial charge in [0, 0.05) is 22.5 Å². The van der Waals surface area contributed by atoms with Crippen LogP contribution in [0.4, 0.5) is 28.4 Å². The van der Waals surface area contributed by atoms with Crippen LogP contribution in [0.1, 0.15) is 31.8 Å². The molecule has 1 aliphatic rings. The minimum absolute atomic E-state index is 0. The van der Waals surface area contributed by atoms with Gasteiger partial charge in [0.2, 0.25) is 0 Å². The standard InChI is InChI=1S/C26H19N3O8S2.2Na/c27-24-21(39(35,36)37)13-19(22-23(24)26(31)17-9-5-4-8-16(17)25(22)30)29-15-10-11-18(20(12-15)38(32,33)34)28-14-6-2-1-3-7-14;;/h1-13,28-29H,27H2,(H,32,33,34)(H,35,36,37);;/q;2*+1/p-2. The van der Waals surface area contributed by atoms with Crippen molar-refractivity contribution in [3.8, 4) is 0 Å². The zero-order chi connectivity index (χ0) is 28.1. The van der Waals surface area contributed by atoms with Crippen LogP contribution >= 0.6 is 0 Å². The van der Waals surface area contributed by atoms with E-state index in [1.165, 1.54) is 36.4 Å². The maximum atomic E-state index is 13.4. The summed E-state index contributed by atoms with van der Waals surface area (Å²) in [7, 11) is -10.2. The number of hydrogen-bond donors (Lipinski definition) is 3. The summed E-state index contributed by atoms with van der Waals surface area (Å²) >= 11 is 0. The van der Waals surface area contributed by atoms with Crippen LogP contribution in [0.15, 0.2) is 88.7 Å². The minimum Gasteiger partial charge on any atom is -0.744 e. The Hall–Kier alpha value is -2.56. The monoisotopic (exact) mass is 609 g/mol. The van der Waals surface area contributed by atoms with Gasteiger partial charge < -0.3 is 25.5 Å². The van der Waals surface area contributed by atoms with Gasteiger partial charge in [0.1, 0.15) is 20.2 Å². The summed E-state index contributed by atoms with van der Waals surface area (Å²) in [6, 6.07) is 18.7. The fourth-order valence-corrected chi connectivity index (χ4v) is 5.64. The molecule has 0 spiro atoms. The average Bonchev–Trinajstić information content (AvgIpc) is 2.88. The van der Waals surface area contributed by atoms with Gasteiger partial charge >= 0.3 is 59.1 Å². The number of rotatable bonds is 6. The molecule has 0 aromatic heterocycles. The van der Waals surface area contributed by atoms with Gasteiger partial charge in [-0.15, -0.1) is 0 Å². The molecule has 198 valence electrons. The van der Waals surface area contributed by atoms with E-state index >= 15 is 0 Å². The van der Waals surface area contributed by atoms with E-state index in [1.807, 2.05) is 0 Å². The van der Waals surface area contributed by atoms with E-state index in [0.717, 1.165) is 12.1 Å². The predicted molar refractivity (Wildman–Crippen MR) is 140 cm³/mol. The molecule has 1 aliphatic carbocycles. The Morgan fingerprint density at radius 2 is 1.10 bits per heavy atom. The summed E-state index contributed by atoms with van der Waals surface area (Å²) < 4.78 is 72.2. The van der Waals surface area contributed by atoms with Crippen LogP contribution in [0.2, 0.25) is 0 Å². The fraction of sp³-hybridized carbons (Fsp3) is 0. The number of ketones is 2. The summed E-state index contributed by atoms with van der Waals surface area (Å²) in [6.45, 7) is 0. The number of nitrogen functional groups attached to an aromatic ring is 1. The molecule has 0 atom stereocenters. The van der Waals surface area contributed by atoms with Crippen molar-refractivity contribution in [3.05, 3.63) is 101 Å². The Labute approximate surface area is 279 Å². The molecular weight excluding hydrogens is 592 g/mol. The van der Waals surface area contributed by atoms with Crippen LogP contribution < -0.4 is 75.5 Å². The molecular formula is C26H17N3Na2O8S2. The van der Waals surface area contributed by atoms with Crippen molar-refractivity contribution < 1.29 is 94.6 Å². The van der Waals surface area contributed by atoms with Gasteiger partial charge in [0.05, 0.1) is 38.0 Å². The second-order valence-corrected chi connectivity index (χ2v) is 11.2.